The normalized spacial score (nSPS) is 15.3. The van der Waals surface area contributed by atoms with Crippen LogP contribution in [0.2, 0.25) is 0 Å². The molecule has 1 unspecified atom stereocenters. The van der Waals surface area contributed by atoms with Crippen molar-refractivity contribution in [2.45, 2.75) is 52.0 Å². The zero-order valence-electron chi connectivity index (χ0n) is 27.8. The van der Waals surface area contributed by atoms with E-state index in [4.69, 9.17) is 31.8 Å². The van der Waals surface area contributed by atoms with Crippen LogP contribution in [0.3, 0.4) is 0 Å². The summed E-state index contributed by atoms with van der Waals surface area (Å²) >= 11 is 0. The summed E-state index contributed by atoms with van der Waals surface area (Å²) < 4.78 is 11.9. The van der Waals surface area contributed by atoms with Crippen LogP contribution in [0.1, 0.15) is 57.3 Å². The van der Waals surface area contributed by atoms with Crippen molar-refractivity contribution in [2.24, 2.45) is 23.3 Å². The Balaban J connectivity index is 0.921. The van der Waals surface area contributed by atoms with Gasteiger partial charge in [-0.3, -0.25) is 10.8 Å². The minimum Gasteiger partial charge on any atom is -0.489 e. The van der Waals surface area contributed by atoms with Gasteiger partial charge in [0, 0.05) is 24.2 Å². The van der Waals surface area contributed by atoms with Crippen LogP contribution in [0, 0.1) is 22.7 Å². The Morgan fingerprint density at radius 1 is 0.531 bits per heavy atom. The van der Waals surface area contributed by atoms with Gasteiger partial charge in [-0.2, -0.15) is 0 Å². The molecule has 7 heteroatoms. The summed E-state index contributed by atoms with van der Waals surface area (Å²) in [6.07, 6.45) is 4.82. The zero-order chi connectivity index (χ0) is 34.0. The van der Waals surface area contributed by atoms with Crippen molar-refractivity contribution in [1.82, 2.24) is 5.32 Å². The van der Waals surface area contributed by atoms with Gasteiger partial charge >= 0.3 is 0 Å². The smallest absolute Gasteiger partial charge is 0.122 e. The highest BCUT2D eigenvalue weighted by Gasteiger charge is 2.30. The monoisotopic (exact) mass is 651 g/mol. The first-order valence-electron chi connectivity index (χ1n) is 17.0. The largest absolute Gasteiger partial charge is 0.489 e. The molecule has 1 aliphatic rings. The number of hydrogen-bond donors (Lipinski definition) is 5. The summed E-state index contributed by atoms with van der Waals surface area (Å²) in [6, 6.07) is 41.0. The van der Waals surface area contributed by atoms with Crippen molar-refractivity contribution < 1.29 is 9.47 Å². The SMILES string of the molecule is N=C(N)c1ccc(OCc2cccc(CNCc3ccc(CC4CC[C@@H]4Cc4cccc(COc5ccc(C(=N)N)cc5)c4)cc3)c2)cc1. The van der Waals surface area contributed by atoms with Gasteiger partial charge in [-0.25, -0.2) is 0 Å². The van der Waals surface area contributed by atoms with Crippen molar-refractivity contribution in [3.05, 3.63) is 166 Å². The van der Waals surface area contributed by atoms with Crippen LogP contribution in [0.15, 0.2) is 121 Å². The van der Waals surface area contributed by atoms with Crippen molar-refractivity contribution in [2.75, 3.05) is 0 Å². The molecule has 7 nitrogen and oxygen atoms in total. The van der Waals surface area contributed by atoms with Crippen molar-refractivity contribution >= 4 is 11.7 Å². The highest BCUT2D eigenvalue weighted by atomic mass is 16.5. The van der Waals surface area contributed by atoms with Crippen LogP contribution >= 0.6 is 0 Å². The number of nitrogen functional groups attached to an aromatic ring is 2. The molecule has 49 heavy (non-hydrogen) atoms. The molecule has 1 aliphatic carbocycles. The van der Waals surface area contributed by atoms with E-state index in [1.165, 1.54) is 40.7 Å². The molecule has 0 heterocycles. The first kappa shape index (κ1) is 33.5. The lowest BCUT2D eigenvalue weighted by molar-refractivity contribution is 0.174. The van der Waals surface area contributed by atoms with Gasteiger partial charge in [0.1, 0.15) is 36.4 Å². The van der Waals surface area contributed by atoms with Crippen LogP contribution in [-0.4, -0.2) is 11.7 Å². The van der Waals surface area contributed by atoms with Crippen molar-refractivity contribution in [3.63, 3.8) is 0 Å². The summed E-state index contributed by atoms with van der Waals surface area (Å²) in [7, 11) is 0. The second kappa shape index (κ2) is 16.1. The van der Waals surface area contributed by atoms with E-state index in [2.05, 4.69) is 78.1 Å². The Labute approximate surface area is 289 Å². The number of rotatable bonds is 16. The van der Waals surface area contributed by atoms with E-state index in [0.29, 0.717) is 30.3 Å². The molecule has 1 saturated carbocycles. The molecule has 7 N–H and O–H groups in total. The molecule has 1 fully saturated rings. The molecule has 0 bridgehead atoms. The molecular weight excluding hydrogens is 606 g/mol. The fourth-order valence-corrected chi connectivity index (χ4v) is 6.40. The van der Waals surface area contributed by atoms with Gasteiger partial charge in [-0.15, -0.1) is 0 Å². The second-order valence-corrected chi connectivity index (χ2v) is 13.0. The molecule has 0 aromatic heterocycles. The van der Waals surface area contributed by atoms with Gasteiger partial charge < -0.3 is 26.3 Å². The van der Waals surface area contributed by atoms with E-state index in [1.54, 1.807) is 12.1 Å². The molecule has 250 valence electrons. The summed E-state index contributed by atoms with van der Waals surface area (Å²) in [5.74, 6) is 3.09. The zero-order valence-corrected chi connectivity index (χ0v) is 27.8. The Morgan fingerprint density at radius 3 is 1.47 bits per heavy atom. The average molecular weight is 652 g/mol. The quantitative estimate of drug-likeness (QED) is 0.0557. The number of ether oxygens (including phenoxy) is 2. The van der Waals surface area contributed by atoms with Crippen molar-refractivity contribution in [3.8, 4) is 11.5 Å². The molecular formula is C42H45N5O2. The molecule has 6 rings (SSSR count). The third kappa shape index (κ3) is 9.58. The van der Waals surface area contributed by atoms with Gasteiger partial charge in [0.25, 0.3) is 0 Å². The lowest BCUT2D eigenvalue weighted by Crippen LogP contribution is -2.29. The Bertz CT molecular complexity index is 1850. The van der Waals surface area contributed by atoms with Crippen LogP contribution in [0.4, 0.5) is 0 Å². The fourth-order valence-electron chi connectivity index (χ4n) is 6.40. The fraction of sp³-hybridized carbons (Fsp3) is 0.238. The highest BCUT2D eigenvalue weighted by Crippen LogP contribution is 2.39. The molecule has 2 atom stereocenters. The van der Waals surface area contributed by atoms with Gasteiger partial charge in [-0.1, -0.05) is 72.8 Å². The van der Waals surface area contributed by atoms with E-state index in [-0.39, 0.29) is 11.7 Å². The highest BCUT2D eigenvalue weighted by molar-refractivity contribution is 5.95. The Morgan fingerprint density at radius 2 is 0.959 bits per heavy atom. The number of amidine groups is 2. The summed E-state index contributed by atoms with van der Waals surface area (Å²) in [5.41, 5.74) is 20.1. The first-order valence-corrected chi connectivity index (χ1v) is 17.0. The van der Waals surface area contributed by atoms with Crippen LogP contribution < -0.4 is 26.3 Å². The van der Waals surface area contributed by atoms with Crippen molar-refractivity contribution in [1.29, 1.82) is 10.8 Å². The Kier molecular flexibility index (Phi) is 11.0. The van der Waals surface area contributed by atoms with E-state index in [0.717, 1.165) is 48.9 Å². The predicted octanol–water partition coefficient (Wildman–Crippen LogP) is 7.51. The molecule has 0 aliphatic heterocycles. The van der Waals surface area contributed by atoms with E-state index in [9.17, 15) is 0 Å². The molecule has 5 aromatic rings. The van der Waals surface area contributed by atoms with E-state index >= 15 is 0 Å². The molecule has 0 amide bonds. The maximum Gasteiger partial charge on any atom is 0.122 e. The second-order valence-electron chi connectivity index (χ2n) is 13.0. The maximum absolute atomic E-state index is 7.54. The van der Waals surface area contributed by atoms with Crippen LogP contribution in [0.25, 0.3) is 0 Å². The van der Waals surface area contributed by atoms with Gasteiger partial charge in [0.15, 0.2) is 0 Å². The minimum atomic E-state index is 0.0549. The number of nitrogens with one attached hydrogen (secondary N) is 3. The van der Waals surface area contributed by atoms with E-state index in [1.807, 2.05) is 36.4 Å². The summed E-state index contributed by atoms with van der Waals surface area (Å²) in [5, 5.41) is 18.7. The average Bonchev–Trinajstić information content (AvgIpc) is 3.12. The van der Waals surface area contributed by atoms with Gasteiger partial charge in [0.05, 0.1) is 0 Å². The van der Waals surface area contributed by atoms with Crippen LogP contribution in [0.5, 0.6) is 11.5 Å². The molecule has 0 saturated heterocycles. The molecule has 0 radical (unpaired) electrons. The lowest BCUT2D eigenvalue weighted by Gasteiger charge is -2.37. The maximum atomic E-state index is 7.54. The van der Waals surface area contributed by atoms with Gasteiger partial charge in [-0.05, 0) is 119 Å². The number of hydrogen-bond acceptors (Lipinski definition) is 5. The topological polar surface area (TPSA) is 130 Å². The third-order valence-corrected chi connectivity index (χ3v) is 9.38. The summed E-state index contributed by atoms with van der Waals surface area (Å²) in [6.45, 7) is 2.61. The Hall–Kier alpha value is -5.40. The predicted molar refractivity (Wildman–Crippen MR) is 197 cm³/mol. The number of benzene rings is 5. The third-order valence-electron chi connectivity index (χ3n) is 9.38. The van der Waals surface area contributed by atoms with Crippen LogP contribution in [-0.2, 0) is 39.1 Å². The minimum absolute atomic E-state index is 0.0549. The summed E-state index contributed by atoms with van der Waals surface area (Å²) in [4.78, 5) is 0. The number of nitrogens with two attached hydrogens (primary N) is 2. The standard InChI is InChI=1S/C42H45N5O2/c43-41(44)35-13-17-39(18-14-35)48-27-33-5-1-3-31(21-33)24-38-12-11-37(38)23-29-7-9-30(10-8-29)25-47-26-32-4-2-6-34(22-32)28-49-40-19-15-36(16-20-40)42(45)46/h1-10,13-22,37-38,47H,11-12,23-28H2,(H3,43,44)(H3,45,46)/t37?,38-/m1/s1. The molecule has 0 spiro atoms. The first-order chi connectivity index (χ1) is 23.9. The van der Waals surface area contributed by atoms with E-state index < -0.39 is 0 Å². The lowest BCUT2D eigenvalue weighted by atomic mass is 9.68. The molecule has 5 aromatic carbocycles. The van der Waals surface area contributed by atoms with Gasteiger partial charge in [0.2, 0.25) is 0 Å².